The lowest BCUT2D eigenvalue weighted by Crippen LogP contribution is -2.48. The number of ether oxygens (including phenoxy) is 1. The molecule has 4 atom stereocenters. The minimum absolute atomic E-state index is 0.0168. The standard InChI is InChI=1S/C14H30O5/c1-11(10-16)9-14(2,18)13(17)12(19-3)7-5-4-6-8-15/h11-13,15-18H,4-10H2,1-3H3/t11?,12-,13?,14-/m0/s1. The van der Waals surface area contributed by atoms with Crippen LogP contribution in [0.2, 0.25) is 0 Å². The number of hydrogen-bond donors (Lipinski definition) is 4. The number of rotatable bonds is 11. The van der Waals surface area contributed by atoms with Crippen LogP contribution in [-0.2, 0) is 4.74 Å². The summed E-state index contributed by atoms with van der Waals surface area (Å²) in [5, 5.41) is 38.3. The minimum atomic E-state index is -1.28. The summed E-state index contributed by atoms with van der Waals surface area (Å²) < 4.78 is 5.26. The highest BCUT2D eigenvalue weighted by molar-refractivity contribution is 4.88. The molecule has 0 aliphatic carbocycles. The first-order valence-electron chi connectivity index (χ1n) is 7.04. The summed E-state index contributed by atoms with van der Waals surface area (Å²) in [6.45, 7) is 3.55. The SMILES string of the molecule is CO[C@@H](CCCCCO)C(O)[C@@](C)(O)CC(C)CO. The van der Waals surface area contributed by atoms with E-state index in [4.69, 9.17) is 14.9 Å². The van der Waals surface area contributed by atoms with Crippen LogP contribution in [0.15, 0.2) is 0 Å². The summed E-state index contributed by atoms with van der Waals surface area (Å²) in [4.78, 5) is 0. The van der Waals surface area contributed by atoms with Crippen molar-refractivity contribution in [3.05, 3.63) is 0 Å². The van der Waals surface area contributed by atoms with Gasteiger partial charge in [-0.25, -0.2) is 0 Å². The largest absolute Gasteiger partial charge is 0.396 e. The van der Waals surface area contributed by atoms with E-state index in [2.05, 4.69) is 0 Å². The Hall–Kier alpha value is -0.200. The van der Waals surface area contributed by atoms with Crippen molar-refractivity contribution in [1.82, 2.24) is 0 Å². The van der Waals surface area contributed by atoms with Crippen molar-refractivity contribution < 1.29 is 25.2 Å². The van der Waals surface area contributed by atoms with Crippen molar-refractivity contribution in [2.75, 3.05) is 20.3 Å². The van der Waals surface area contributed by atoms with Crippen LogP contribution >= 0.6 is 0 Å². The third-order valence-electron chi connectivity index (χ3n) is 3.51. The minimum Gasteiger partial charge on any atom is -0.396 e. The second-order valence-corrected chi connectivity index (χ2v) is 5.64. The molecular formula is C14H30O5. The molecule has 0 fully saturated rings. The number of aliphatic hydroxyl groups excluding tert-OH is 3. The van der Waals surface area contributed by atoms with Gasteiger partial charge in [0.1, 0.15) is 6.10 Å². The second-order valence-electron chi connectivity index (χ2n) is 5.64. The van der Waals surface area contributed by atoms with E-state index in [9.17, 15) is 10.2 Å². The second kappa shape index (κ2) is 9.66. The Balaban J connectivity index is 4.33. The maximum absolute atomic E-state index is 10.3. The quantitative estimate of drug-likeness (QED) is 0.417. The van der Waals surface area contributed by atoms with Crippen molar-refractivity contribution in [2.45, 2.75) is 63.8 Å². The van der Waals surface area contributed by atoms with Crippen LogP contribution in [0, 0.1) is 5.92 Å². The van der Waals surface area contributed by atoms with Crippen molar-refractivity contribution in [2.24, 2.45) is 5.92 Å². The van der Waals surface area contributed by atoms with Crippen molar-refractivity contribution >= 4 is 0 Å². The molecule has 0 rings (SSSR count). The van der Waals surface area contributed by atoms with Gasteiger partial charge >= 0.3 is 0 Å². The Morgan fingerprint density at radius 2 is 1.79 bits per heavy atom. The van der Waals surface area contributed by atoms with Gasteiger partial charge in [-0.05, 0) is 32.1 Å². The Morgan fingerprint density at radius 3 is 2.26 bits per heavy atom. The van der Waals surface area contributed by atoms with E-state index < -0.39 is 17.8 Å². The Kier molecular flexibility index (Phi) is 9.56. The molecule has 5 heteroatoms. The van der Waals surface area contributed by atoms with E-state index in [1.165, 1.54) is 7.11 Å². The number of unbranched alkanes of at least 4 members (excludes halogenated alkanes) is 2. The van der Waals surface area contributed by atoms with Gasteiger partial charge in [-0.3, -0.25) is 0 Å². The van der Waals surface area contributed by atoms with Crippen LogP contribution in [0.1, 0.15) is 46.0 Å². The van der Waals surface area contributed by atoms with Crippen molar-refractivity contribution in [3.8, 4) is 0 Å². The maximum Gasteiger partial charge on any atom is 0.108 e. The van der Waals surface area contributed by atoms with E-state index in [1.54, 1.807) is 6.92 Å². The zero-order valence-corrected chi connectivity index (χ0v) is 12.4. The fourth-order valence-corrected chi connectivity index (χ4v) is 2.33. The average Bonchev–Trinajstić information content (AvgIpc) is 2.37. The highest BCUT2D eigenvalue weighted by Crippen LogP contribution is 2.25. The van der Waals surface area contributed by atoms with Gasteiger partial charge in [-0.2, -0.15) is 0 Å². The number of hydrogen-bond acceptors (Lipinski definition) is 5. The molecule has 0 spiro atoms. The van der Waals surface area contributed by atoms with Gasteiger partial charge in [-0.1, -0.05) is 19.8 Å². The lowest BCUT2D eigenvalue weighted by atomic mass is 9.84. The van der Waals surface area contributed by atoms with Crippen molar-refractivity contribution in [3.63, 3.8) is 0 Å². The number of methoxy groups -OCH3 is 1. The molecule has 0 saturated heterocycles. The molecule has 5 nitrogen and oxygen atoms in total. The van der Waals surface area contributed by atoms with Crippen LogP contribution in [0.5, 0.6) is 0 Å². The summed E-state index contributed by atoms with van der Waals surface area (Å²) >= 11 is 0. The van der Waals surface area contributed by atoms with E-state index in [0.717, 1.165) is 19.3 Å². The van der Waals surface area contributed by atoms with Gasteiger partial charge in [0.05, 0.1) is 11.7 Å². The average molecular weight is 278 g/mol. The van der Waals surface area contributed by atoms with E-state index in [1.807, 2.05) is 6.92 Å². The van der Waals surface area contributed by atoms with Crippen LogP contribution in [0.4, 0.5) is 0 Å². The first-order valence-corrected chi connectivity index (χ1v) is 7.04. The molecule has 2 unspecified atom stereocenters. The molecule has 0 bridgehead atoms. The zero-order chi connectivity index (χ0) is 14.9. The Labute approximate surface area is 116 Å². The first-order chi connectivity index (χ1) is 8.88. The third-order valence-corrected chi connectivity index (χ3v) is 3.51. The molecule has 0 saturated carbocycles. The number of aliphatic hydroxyl groups is 4. The highest BCUT2D eigenvalue weighted by Gasteiger charge is 2.37. The summed E-state index contributed by atoms with van der Waals surface area (Å²) in [5.74, 6) is -0.0726. The lowest BCUT2D eigenvalue weighted by Gasteiger charge is -2.35. The fourth-order valence-electron chi connectivity index (χ4n) is 2.33. The molecule has 19 heavy (non-hydrogen) atoms. The van der Waals surface area contributed by atoms with Gasteiger partial charge in [0.2, 0.25) is 0 Å². The van der Waals surface area contributed by atoms with Gasteiger partial charge in [0, 0.05) is 20.3 Å². The summed E-state index contributed by atoms with van der Waals surface area (Å²) in [6.07, 6.45) is 1.99. The van der Waals surface area contributed by atoms with Gasteiger partial charge < -0.3 is 25.2 Å². The maximum atomic E-state index is 10.3. The molecule has 0 amide bonds. The lowest BCUT2D eigenvalue weighted by molar-refractivity contribution is -0.137. The molecule has 0 heterocycles. The first kappa shape index (κ1) is 18.8. The van der Waals surface area contributed by atoms with Crippen molar-refractivity contribution in [1.29, 1.82) is 0 Å². The molecule has 4 N–H and O–H groups in total. The van der Waals surface area contributed by atoms with Crippen LogP contribution in [-0.4, -0.2) is 58.6 Å². The zero-order valence-electron chi connectivity index (χ0n) is 12.4. The van der Waals surface area contributed by atoms with Gasteiger partial charge in [-0.15, -0.1) is 0 Å². The van der Waals surface area contributed by atoms with E-state index in [0.29, 0.717) is 12.8 Å². The molecule has 0 aromatic rings. The predicted octanol–water partition coefficient (Wildman–Crippen LogP) is 0.685. The molecule has 0 aromatic carbocycles. The van der Waals surface area contributed by atoms with Gasteiger partial charge in [0.25, 0.3) is 0 Å². The monoisotopic (exact) mass is 278 g/mol. The normalized spacial score (nSPS) is 19.7. The van der Waals surface area contributed by atoms with E-state index >= 15 is 0 Å². The summed E-state index contributed by atoms with van der Waals surface area (Å²) in [5.41, 5.74) is -1.28. The molecule has 0 aromatic heterocycles. The van der Waals surface area contributed by atoms with Crippen LogP contribution < -0.4 is 0 Å². The molecule has 0 aliphatic heterocycles. The smallest absolute Gasteiger partial charge is 0.108 e. The highest BCUT2D eigenvalue weighted by atomic mass is 16.5. The molecule has 116 valence electrons. The van der Waals surface area contributed by atoms with E-state index in [-0.39, 0.29) is 19.1 Å². The summed E-state index contributed by atoms with van der Waals surface area (Å²) in [6, 6.07) is 0. The van der Waals surface area contributed by atoms with Gasteiger partial charge in [0.15, 0.2) is 0 Å². The Morgan fingerprint density at radius 1 is 1.16 bits per heavy atom. The van der Waals surface area contributed by atoms with Crippen LogP contribution in [0.25, 0.3) is 0 Å². The predicted molar refractivity (Wildman–Crippen MR) is 73.8 cm³/mol. The topological polar surface area (TPSA) is 90.2 Å². The Bertz CT molecular complexity index is 220. The summed E-state index contributed by atoms with van der Waals surface area (Å²) in [7, 11) is 1.52. The molecular weight excluding hydrogens is 248 g/mol. The molecule has 0 radical (unpaired) electrons. The fraction of sp³-hybridized carbons (Fsp3) is 1.00. The van der Waals surface area contributed by atoms with Crippen LogP contribution in [0.3, 0.4) is 0 Å². The molecule has 0 aliphatic rings. The third kappa shape index (κ3) is 7.22.